The molecule has 6 heteroatoms. The fraction of sp³-hybridized carbons (Fsp3) is 0.125. The minimum atomic E-state index is -2.21. The summed E-state index contributed by atoms with van der Waals surface area (Å²) >= 11 is 0. The van der Waals surface area contributed by atoms with Crippen LogP contribution in [0.1, 0.15) is 17.0 Å². The molecule has 0 fully saturated rings. The van der Waals surface area contributed by atoms with Crippen molar-refractivity contribution in [2.24, 2.45) is 5.73 Å². The molecule has 30 heavy (non-hydrogen) atoms. The molecule has 1 heterocycles. The van der Waals surface area contributed by atoms with Gasteiger partial charge < -0.3 is 14.3 Å². The van der Waals surface area contributed by atoms with E-state index in [0.717, 1.165) is 5.56 Å². The van der Waals surface area contributed by atoms with Crippen molar-refractivity contribution < 1.29 is 19.1 Å². The quantitative estimate of drug-likeness (QED) is 0.364. The van der Waals surface area contributed by atoms with E-state index in [1.165, 1.54) is 0 Å². The lowest BCUT2D eigenvalue weighted by atomic mass is 9.94. The summed E-state index contributed by atoms with van der Waals surface area (Å²) < 4.78 is 11.7. The Kier molecular flexibility index (Phi) is 5.57. The number of hydrogen-bond acceptors (Lipinski definition) is 6. The van der Waals surface area contributed by atoms with Gasteiger partial charge in [-0.3, -0.25) is 5.73 Å². The van der Waals surface area contributed by atoms with Gasteiger partial charge in [-0.05, 0) is 23.3 Å². The van der Waals surface area contributed by atoms with E-state index in [4.69, 9.17) is 14.9 Å². The summed E-state index contributed by atoms with van der Waals surface area (Å²) in [4.78, 5) is 16.3. The molecule has 4 rings (SSSR count). The molecule has 6 nitrogen and oxygen atoms in total. The van der Waals surface area contributed by atoms with Gasteiger partial charge in [-0.2, -0.15) is 0 Å². The van der Waals surface area contributed by atoms with Gasteiger partial charge in [0, 0.05) is 0 Å². The van der Waals surface area contributed by atoms with Crippen LogP contribution in [0.15, 0.2) is 89.3 Å². The van der Waals surface area contributed by atoms with E-state index >= 15 is 0 Å². The summed E-state index contributed by atoms with van der Waals surface area (Å²) in [5.74, 6) is 1.75. The molecule has 0 radical (unpaired) electrons. The lowest BCUT2D eigenvalue weighted by Crippen LogP contribution is -2.50. The predicted octanol–water partition coefficient (Wildman–Crippen LogP) is 3.43. The molecule has 2 atom stereocenters. The molecule has 0 bridgehead atoms. The first-order valence-electron chi connectivity index (χ1n) is 9.43. The van der Waals surface area contributed by atoms with E-state index in [1.807, 2.05) is 42.3 Å². The molecule has 1 aromatic heterocycles. The molecule has 0 amide bonds. The van der Waals surface area contributed by atoms with E-state index in [1.54, 1.807) is 48.5 Å². The molecule has 0 aliphatic carbocycles. The maximum Gasteiger partial charge on any atom is 0.246 e. The fourth-order valence-corrected chi connectivity index (χ4v) is 3.22. The van der Waals surface area contributed by atoms with Gasteiger partial charge in [-0.15, -0.1) is 0 Å². The van der Waals surface area contributed by atoms with Crippen LogP contribution in [0.4, 0.5) is 0 Å². The number of carbonyl (C=O) groups excluding carboxylic acids is 1. The topological polar surface area (TPSA) is 98.6 Å². The smallest absolute Gasteiger partial charge is 0.246 e. The van der Waals surface area contributed by atoms with Crippen LogP contribution in [0, 0.1) is 0 Å². The molecule has 2 unspecified atom stereocenters. The van der Waals surface area contributed by atoms with Gasteiger partial charge in [0.25, 0.3) is 0 Å². The number of para-hydroxylation sites is 2. The number of benzene rings is 3. The third-order valence-corrected chi connectivity index (χ3v) is 4.75. The maximum atomic E-state index is 11.9. The van der Waals surface area contributed by atoms with Crippen LogP contribution in [0.3, 0.4) is 0 Å². The van der Waals surface area contributed by atoms with Gasteiger partial charge >= 0.3 is 0 Å². The van der Waals surface area contributed by atoms with Crippen molar-refractivity contribution >= 4 is 22.6 Å². The highest BCUT2D eigenvalue weighted by molar-refractivity contribution is 5.90. The summed E-state index contributed by atoms with van der Waals surface area (Å²) in [6.45, 7) is 0.114. The highest BCUT2D eigenvalue weighted by Crippen LogP contribution is 2.32. The van der Waals surface area contributed by atoms with Crippen molar-refractivity contribution in [2.45, 2.75) is 18.4 Å². The number of nitrogens with two attached hydrogens (primary N) is 1. The van der Waals surface area contributed by atoms with E-state index < -0.39 is 11.8 Å². The third kappa shape index (κ3) is 3.94. The largest absolute Gasteiger partial charge is 0.436 e. The van der Waals surface area contributed by atoms with Crippen molar-refractivity contribution in [3.63, 3.8) is 0 Å². The van der Waals surface area contributed by atoms with Gasteiger partial charge in [0.15, 0.2) is 5.58 Å². The monoisotopic (exact) mass is 400 g/mol. The number of rotatable bonds is 7. The van der Waals surface area contributed by atoms with Crippen molar-refractivity contribution in [2.75, 3.05) is 0 Å². The van der Waals surface area contributed by atoms with Gasteiger partial charge in [-0.1, -0.05) is 72.8 Å². The van der Waals surface area contributed by atoms with Gasteiger partial charge in [-0.25, -0.2) is 9.78 Å². The van der Waals surface area contributed by atoms with Gasteiger partial charge in [0.05, 0.1) is 12.2 Å². The van der Waals surface area contributed by atoms with Crippen molar-refractivity contribution in [1.82, 2.24) is 4.98 Å². The van der Waals surface area contributed by atoms with Crippen LogP contribution < -0.4 is 5.73 Å². The highest BCUT2D eigenvalue weighted by atomic mass is 16.5. The maximum absolute atomic E-state index is 11.9. The zero-order chi connectivity index (χ0) is 21.0. The summed E-state index contributed by atoms with van der Waals surface area (Å²) in [5, 5.41) is 11.3. The normalized spacial score (nSPS) is 14.1. The molecule has 0 saturated heterocycles. The Balaban J connectivity index is 1.75. The standard InChI is InChI=1S/C24H20N2O4/c25-24(28,23-26-20-13-7-8-14-21(20)30-23)22(29-16-17-9-3-1-4-10-17)19(15-27)18-11-5-2-6-12-18/h1-14,22,28H,16,25H2. The van der Waals surface area contributed by atoms with Gasteiger partial charge in [0.2, 0.25) is 11.6 Å². The number of nitrogens with zero attached hydrogens (tertiary/aromatic N) is 1. The highest BCUT2D eigenvalue weighted by Gasteiger charge is 2.44. The number of ether oxygens (including phenoxy) is 1. The molecule has 0 aliphatic rings. The number of fused-ring (bicyclic) bond motifs is 1. The van der Waals surface area contributed by atoms with E-state index in [2.05, 4.69) is 4.98 Å². The first-order chi connectivity index (χ1) is 14.6. The van der Waals surface area contributed by atoms with Gasteiger partial charge in [0.1, 0.15) is 17.6 Å². The Bertz CT molecular complexity index is 1150. The number of aromatic nitrogens is 1. The average Bonchev–Trinajstić information content (AvgIpc) is 3.23. The van der Waals surface area contributed by atoms with Crippen molar-refractivity contribution in [1.29, 1.82) is 0 Å². The second-order valence-corrected chi connectivity index (χ2v) is 6.87. The number of hydrogen-bond donors (Lipinski definition) is 2. The zero-order valence-corrected chi connectivity index (χ0v) is 16.1. The van der Waals surface area contributed by atoms with Crippen LogP contribution >= 0.6 is 0 Å². The van der Waals surface area contributed by atoms with E-state index in [9.17, 15) is 9.90 Å². The SMILES string of the molecule is NC(O)(c1nc2ccccc2o1)C(OCc1ccccc1)C(=C=O)c1ccccc1. The van der Waals surface area contributed by atoms with E-state index in [-0.39, 0.29) is 18.1 Å². The van der Waals surface area contributed by atoms with Crippen LogP contribution in [0.5, 0.6) is 0 Å². The molecule has 0 saturated carbocycles. The van der Waals surface area contributed by atoms with Crippen LogP contribution in [0.25, 0.3) is 16.7 Å². The molecule has 3 N–H and O–H groups in total. The second-order valence-electron chi connectivity index (χ2n) is 6.87. The Morgan fingerprint density at radius 3 is 2.33 bits per heavy atom. The van der Waals surface area contributed by atoms with Crippen LogP contribution in [-0.4, -0.2) is 22.1 Å². The van der Waals surface area contributed by atoms with E-state index in [0.29, 0.717) is 16.7 Å². The lowest BCUT2D eigenvalue weighted by Gasteiger charge is -2.30. The second kappa shape index (κ2) is 8.45. The molecule has 3 aromatic carbocycles. The molecule has 150 valence electrons. The zero-order valence-electron chi connectivity index (χ0n) is 16.1. The molecular formula is C24H20N2O4. The molecule has 4 aromatic rings. The number of aliphatic hydroxyl groups is 1. The average molecular weight is 400 g/mol. The first kappa shape index (κ1) is 19.8. The fourth-order valence-electron chi connectivity index (χ4n) is 3.22. The minimum Gasteiger partial charge on any atom is -0.436 e. The molecule has 0 aliphatic heterocycles. The van der Waals surface area contributed by atoms with Crippen LogP contribution in [-0.2, 0) is 21.9 Å². The third-order valence-electron chi connectivity index (χ3n) is 4.75. The lowest BCUT2D eigenvalue weighted by molar-refractivity contribution is -0.102. The Morgan fingerprint density at radius 1 is 1.03 bits per heavy atom. The summed E-state index contributed by atoms with van der Waals surface area (Å²) in [7, 11) is 0. The summed E-state index contributed by atoms with van der Waals surface area (Å²) in [6, 6.07) is 25.2. The minimum absolute atomic E-state index is 0.0683. The predicted molar refractivity (Wildman–Crippen MR) is 113 cm³/mol. The first-order valence-corrected chi connectivity index (χ1v) is 9.43. The summed E-state index contributed by atoms with van der Waals surface area (Å²) in [6.07, 6.45) is -1.27. The Labute approximate surface area is 173 Å². The Morgan fingerprint density at radius 2 is 1.67 bits per heavy atom. The molecular weight excluding hydrogens is 380 g/mol. The summed E-state index contributed by atoms with van der Waals surface area (Å²) in [5.41, 5.74) is 6.55. The Hall–Kier alpha value is -3.54. The van der Waals surface area contributed by atoms with Crippen LogP contribution in [0.2, 0.25) is 0 Å². The van der Waals surface area contributed by atoms with Crippen molar-refractivity contribution in [3.05, 3.63) is 102 Å². The number of oxazole rings is 1. The van der Waals surface area contributed by atoms with Crippen molar-refractivity contribution in [3.8, 4) is 0 Å². The molecule has 0 spiro atoms.